The Bertz CT molecular complexity index is 1560. The van der Waals surface area contributed by atoms with Crippen LogP contribution in [0.25, 0.3) is 22.1 Å². The summed E-state index contributed by atoms with van der Waals surface area (Å²) < 4.78 is 31.5. The predicted octanol–water partition coefficient (Wildman–Crippen LogP) is 3.13. The molecular formula is C26H23N3O7S. The van der Waals surface area contributed by atoms with Gasteiger partial charge in [-0.15, -0.1) is 0 Å². The highest BCUT2D eigenvalue weighted by Crippen LogP contribution is 2.29. The van der Waals surface area contributed by atoms with E-state index in [1.54, 1.807) is 36.4 Å². The van der Waals surface area contributed by atoms with E-state index >= 15 is 0 Å². The largest absolute Gasteiger partial charge is 0.479 e. The quantitative estimate of drug-likeness (QED) is 0.259. The van der Waals surface area contributed by atoms with Crippen LogP contribution in [-0.2, 0) is 19.4 Å². The number of rotatable bonds is 9. The number of para-hydroxylation sites is 1. The molecule has 6 N–H and O–H groups in total. The van der Waals surface area contributed by atoms with E-state index in [9.17, 15) is 27.9 Å². The first-order valence-electron chi connectivity index (χ1n) is 11.1. The molecule has 0 aliphatic heterocycles. The molecule has 37 heavy (non-hydrogen) atoms. The van der Waals surface area contributed by atoms with Crippen LogP contribution in [0.5, 0.6) is 0 Å². The van der Waals surface area contributed by atoms with E-state index in [2.05, 4.69) is 5.32 Å². The Hall–Kier alpha value is -4.48. The third kappa shape index (κ3) is 5.08. The molecule has 0 unspecified atom stereocenters. The van der Waals surface area contributed by atoms with Crippen molar-refractivity contribution in [2.45, 2.75) is 22.6 Å². The Balaban J connectivity index is 1.50. The molecule has 11 heteroatoms. The van der Waals surface area contributed by atoms with Crippen molar-refractivity contribution >= 4 is 44.3 Å². The molecule has 4 aromatic rings. The van der Waals surface area contributed by atoms with Crippen molar-refractivity contribution in [3.05, 3.63) is 84.6 Å². The summed E-state index contributed by atoms with van der Waals surface area (Å²) in [5.74, 6) is -2.87. The number of benzene rings is 3. The topological polar surface area (TPSA) is 183 Å². The number of hydrogen-bond donors (Lipinski definition) is 4. The zero-order valence-electron chi connectivity index (χ0n) is 19.4. The van der Waals surface area contributed by atoms with E-state index in [0.29, 0.717) is 16.8 Å². The SMILES string of the molecule is NC(=O)CC[C@@](N)(C(=O)O)S(=O)(=O)c1ccc(-c2ccc(NC(=O)c3cc4ccccc4o3)cc2)cc1. The van der Waals surface area contributed by atoms with Crippen LogP contribution >= 0.6 is 0 Å². The standard InChI is InChI=1S/C26H23N3O7S/c27-23(30)13-14-26(28,25(32)33)37(34,35)20-11-7-17(8-12-20)16-5-9-19(10-6-16)29-24(31)22-15-18-3-1-2-4-21(18)36-22/h1-12,15H,13-14,28H2,(H2,27,30)(H,29,31)(H,32,33)/t26-/m0/s1. The maximum atomic E-state index is 13.0. The highest BCUT2D eigenvalue weighted by Gasteiger charge is 2.48. The second-order valence-electron chi connectivity index (χ2n) is 8.37. The molecule has 0 bridgehead atoms. The number of carbonyl (C=O) groups is 3. The van der Waals surface area contributed by atoms with Gasteiger partial charge in [-0.05, 0) is 53.9 Å². The lowest BCUT2D eigenvalue weighted by atomic mass is 10.1. The first kappa shape index (κ1) is 25.6. The van der Waals surface area contributed by atoms with Gasteiger partial charge in [-0.2, -0.15) is 0 Å². The van der Waals surface area contributed by atoms with Gasteiger partial charge in [0.25, 0.3) is 5.91 Å². The summed E-state index contributed by atoms with van der Waals surface area (Å²) in [4.78, 5) is 32.3. The molecule has 0 saturated carbocycles. The summed E-state index contributed by atoms with van der Waals surface area (Å²) in [7, 11) is -4.54. The second kappa shape index (κ2) is 9.88. The predicted molar refractivity (Wildman–Crippen MR) is 136 cm³/mol. The molecule has 3 aromatic carbocycles. The van der Waals surface area contributed by atoms with Gasteiger partial charge in [-0.25, -0.2) is 13.2 Å². The Morgan fingerprint density at radius 3 is 2.08 bits per heavy atom. The average molecular weight is 522 g/mol. The monoisotopic (exact) mass is 521 g/mol. The van der Waals surface area contributed by atoms with E-state index in [-0.39, 0.29) is 10.7 Å². The lowest BCUT2D eigenvalue weighted by Gasteiger charge is -2.24. The molecule has 4 rings (SSSR count). The van der Waals surface area contributed by atoms with Gasteiger partial charge in [0.2, 0.25) is 20.6 Å². The van der Waals surface area contributed by atoms with Crippen molar-refractivity contribution in [2.24, 2.45) is 11.5 Å². The van der Waals surface area contributed by atoms with E-state index in [1.165, 1.54) is 24.3 Å². The lowest BCUT2D eigenvalue weighted by Crippen LogP contribution is -2.55. The van der Waals surface area contributed by atoms with Gasteiger partial charge in [-0.1, -0.05) is 42.5 Å². The fraction of sp³-hybridized carbons (Fsp3) is 0.115. The Morgan fingerprint density at radius 1 is 0.919 bits per heavy atom. The number of sulfone groups is 1. The van der Waals surface area contributed by atoms with Crippen LogP contribution < -0.4 is 16.8 Å². The molecule has 1 atom stereocenters. The number of fused-ring (bicyclic) bond motifs is 1. The number of primary amides is 1. The fourth-order valence-electron chi connectivity index (χ4n) is 3.73. The molecule has 1 heterocycles. The maximum Gasteiger partial charge on any atom is 0.339 e. The molecule has 0 saturated heterocycles. The van der Waals surface area contributed by atoms with Crippen LogP contribution in [0.3, 0.4) is 0 Å². The van der Waals surface area contributed by atoms with Crippen molar-refractivity contribution in [1.82, 2.24) is 0 Å². The molecule has 0 aliphatic carbocycles. The molecule has 2 amide bonds. The average Bonchev–Trinajstić information content (AvgIpc) is 3.32. The molecule has 1 aromatic heterocycles. The van der Waals surface area contributed by atoms with Gasteiger partial charge in [-0.3, -0.25) is 9.59 Å². The summed E-state index contributed by atoms with van der Waals surface area (Å²) in [5.41, 5.74) is 13.3. The van der Waals surface area contributed by atoms with Crippen LogP contribution in [-0.4, -0.2) is 36.2 Å². The Labute approximate surface area is 211 Å². The van der Waals surface area contributed by atoms with Crippen LogP contribution in [0.2, 0.25) is 0 Å². The van der Waals surface area contributed by atoms with Crippen LogP contribution in [0.1, 0.15) is 23.4 Å². The molecule has 0 fully saturated rings. The number of hydrogen-bond acceptors (Lipinski definition) is 7. The van der Waals surface area contributed by atoms with Crippen LogP contribution in [0.4, 0.5) is 5.69 Å². The van der Waals surface area contributed by atoms with E-state index < -0.39 is 45.3 Å². The van der Waals surface area contributed by atoms with Crippen LogP contribution in [0.15, 0.2) is 88.2 Å². The summed E-state index contributed by atoms with van der Waals surface area (Å²) in [6.45, 7) is 0. The van der Waals surface area contributed by atoms with Crippen molar-refractivity contribution < 1.29 is 32.3 Å². The smallest absolute Gasteiger partial charge is 0.339 e. The number of amides is 2. The number of furan rings is 1. The number of carboxylic acids is 1. The van der Waals surface area contributed by atoms with Crippen molar-refractivity contribution in [1.29, 1.82) is 0 Å². The number of carboxylic acid groups (broad SMARTS) is 1. The summed E-state index contributed by atoms with van der Waals surface area (Å²) in [6, 6.07) is 21.3. The molecule has 0 radical (unpaired) electrons. The Morgan fingerprint density at radius 2 is 1.51 bits per heavy atom. The van der Waals surface area contributed by atoms with Gasteiger partial charge in [0.05, 0.1) is 4.90 Å². The number of nitrogens with one attached hydrogen (secondary N) is 1. The summed E-state index contributed by atoms with van der Waals surface area (Å²) in [6.07, 6.45) is -1.16. The minimum Gasteiger partial charge on any atom is -0.479 e. The fourth-order valence-corrected chi connectivity index (χ4v) is 5.25. The third-order valence-electron chi connectivity index (χ3n) is 5.87. The molecule has 0 aliphatic rings. The van der Waals surface area contributed by atoms with Gasteiger partial charge < -0.3 is 26.3 Å². The van der Waals surface area contributed by atoms with Crippen molar-refractivity contribution in [3.8, 4) is 11.1 Å². The zero-order valence-corrected chi connectivity index (χ0v) is 20.2. The Kier molecular flexibility index (Phi) is 6.84. The third-order valence-corrected chi connectivity index (χ3v) is 8.10. The first-order valence-corrected chi connectivity index (χ1v) is 12.6. The van der Waals surface area contributed by atoms with Crippen molar-refractivity contribution in [2.75, 3.05) is 5.32 Å². The minimum atomic E-state index is -4.54. The zero-order chi connectivity index (χ0) is 26.8. The highest BCUT2D eigenvalue weighted by molar-refractivity contribution is 7.93. The minimum absolute atomic E-state index is 0.176. The van der Waals surface area contributed by atoms with E-state index in [1.807, 2.05) is 18.2 Å². The van der Waals surface area contributed by atoms with Crippen molar-refractivity contribution in [3.63, 3.8) is 0 Å². The van der Waals surface area contributed by atoms with Gasteiger partial charge in [0.1, 0.15) is 5.58 Å². The van der Waals surface area contributed by atoms with Gasteiger partial charge in [0, 0.05) is 17.5 Å². The maximum absolute atomic E-state index is 13.0. The summed E-state index contributed by atoms with van der Waals surface area (Å²) in [5, 5.41) is 13.1. The number of aliphatic carboxylic acids is 1. The highest BCUT2D eigenvalue weighted by atomic mass is 32.2. The van der Waals surface area contributed by atoms with Gasteiger partial charge >= 0.3 is 5.97 Å². The molecule has 190 valence electrons. The number of carbonyl (C=O) groups excluding carboxylic acids is 2. The van der Waals surface area contributed by atoms with Crippen LogP contribution in [0, 0.1) is 0 Å². The first-order chi connectivity index (χ1) is 17.5. The number of anilines is 1. The molecule has 10 nitrogen and oxygen atoms in total. The number of nitrogens with two attached hydrogens (primary N) is 2. The second-order valence-corrected chi connectivity index (χ2v) is 10.6. The normalized spacial score (nSPS) is 13.1. The molecule has 0 spiro atoms. The summed E-state index contributed by atoms with van der Waals surface area (Å²) >= 11 is 0. The lowest BCUT2D eigenvalue weighted by molar-refractivity contribution is -0.140. The van der Waals surface area contributed by atoms with Gasteiger partial charge in [0.15, 0.2) is 5.76 Å². The molecular weight excluding hydrogens is 498 g/mol. The van der Waals surface area contributed by atoms with E-state index in [4.69, 9.17) is 15.9 Å². The van der Waals surface area contributed by atoms with E-state index in [0.717, 1.165) is 10.9 Å².